The van der Waals surface area contributed by atoms with Crippen LogP contribution < -0.4 is 11.1 Å². The Kier molecular flexibility index (Phi) is 2.72. The van der Waals surface area contributed by atoms with E-state index in [1.807, 2.05) is 24.3 Å². The van der Waals surface area contributed by atoms with Crippen LogP contribution in [-0.4, -0.2) is 14.8 Å². The Morgan fingerprint density at radius 3 is 3.05 bits per heavy atom. The van der Waals surface area contributed by atoms with E-state index in [2.05, 4.69) is 37.4 Å². The molecule has 0 saturated carbocycles. The number of fused-ring (bicyclic) bond motifs is 1. The van der Waals surface area contributed by atoms with Crippen LogP contribution >= 0.6 is 15.9 Å². The molecule has 1 aliphatic rings. The summed E-state index contributed by atoms with van der Waals surface area (Å²) in [5.74, 6) is 0.834. The van der Waals surface area contributed by atoms with Crippen molar-refractivity contribution in [3.8, 4) is 6.07 Å². The van der Waals surface area contributed by atoms with Crippen LogP contribution in [0.2, 0.25) is 0 Å². The zero-order valence-corrected chi connectivity index (χ0v) is 11.3. The van der Waals surface area contributed by atoms with Crippen molar-refractivity contribution in [3.05, 3.63) is 46.2 Å². The summed E-state index contributed by atoms with van der Waals surface area (Å²) < 4.78 is 2.36. The number of hydrogen-bond donors (Lipinski definition) is 2. The molecule has 1 atom stereocenters. The second-order valence-corrected chi connectivity index (χ2v) is 4.95. The largest absolute Gasteiger partial charge is 0.383 e. The fraction of sp³-hybridized carbons (Fsp3) is 0.0833. The third kappa shape index (κ3) is 1.86. The van der Waals surface area contributed by atoms with Crippen LogP contribution in [0.25, 0.3) is 5.82 Å². The van der Waals surface area contributed by atoms with Gasteiger partial charge in [0.25, 0.3) is 0 Å². The molecule has 3 rings (SSSR count). The van der Waals surface area contributed by atoms with Crippen LogP contribution in [0, 0.1) is 11.3 Å². The number of rotatable bonds is 1. The van der Waals surface area contributed by atoms with Crippen LogP contribution in [0.1, 0.15) is 11.6 Å². The number of nitrogens with zero attached hydrogens (tertiary/aromatic N) is 4. The van der Waals surface area contributed by atoms with Crippen LogP contribution in [0.4, 0.5) is 5.95 Å². The predicted molar refractivity (Wildman–Crippen MR) is 73.5 cm³/mol. The quantitative estimate of drug-likeness (QED) is 0.837. The fourth-order valence-electron chi connectivity index (χ4n) is 2.04. The molecule has 1 aliphatic heterocycles. The molecule has 19 heavy (non-hydrogen) atoms. The Labute approximate surface area is 117 Å². The van der Waals surface area contributed by atoms with E-state index in [1.54, 1.807) is 0 Å². The molecule has 2 aromatic rings. The van der Waals surface area contributed by atoms with Crippen molar-refractivity contribution in [1.29, 1.82) is 5.26 Å². The number of benzene rings is 1. The first-order valence-corrected chi connectivity index (χ1v) is 6.32. The van der Waals surface area contributed by atoms with Crippen molar-refractivity contribution in [2.24, 2.45) is 5.73 Å². The number of nitrogens with two attached hydrogens (primary N) is 1. The van der Waals surface area contributed by atoms with Crippen molar-refractivity contribution in [2.45, 2.75) is 6.04 Å². The second-order valence-electron chi connectivity index (χ2n) is 4.04. The van der Waals surface area contributed by atoms with E-state index in [1.165, 1.54) is 11.0 Å². The van der Waals surface area contributed by atoms with Gasteiger partial charge in [-0.05, 0) is 17.7 Å². The van der Waals surface area contributed by atoms with E-state index in [4.69, 9.17) is 5.73 Å². The first-order chi connectivity index (χ1) is 9.20. The van der Waals surface area contributed by atoms with Gasteiger partial charge in [0.15, 0.2) is 0 Å². The van der Waals surface area contributed by atoms with Gasteiger partial charge in [-0.1, -0.05) is 28.1 Å². The first kappa shape index (κ1) is 11.7. The van der Waals surface area contributed by atoms with Crippen molar-refractivity contribution < 1.29 is 0 Å². The summed E-state index contributed by atoms with van der Waals surface area (Å²) in [5.41, 5.74) is 7.34. The van der Waals surface area contributed by atoms with Gasteiger partial charge in [0, 0.05) is 4.47 Å². The van der Waals surface area contributed by atoms with E-state index in [0.717, 1.165) is 10.0 Å². The fourth-order valence-corrected chi connectivity index (χ4v) is 2.45. The number of nitrogens with one attached hydrogen (secondary N) is 1. The van der Waals surface area contributed by atoms with E-state index in [-0.39, 0.29) is 6.04 Å². The number of aromatic nitrogens is 3. The van der Waals surface area contributed by atoms with Gasteiger partial charge in [0.05, 0.1) is 11.6 Å². The highest BCUT2D eigenvalue weighted by molar-refractivity contribution is 9.10. The van der Waals surface area contributed by atoms with Gasteiger partial charge >= 0.3 is 0 Å². The van der Waals surface area contributed by atoms with E-state index < -0.39 is 0 Å². The predicted octanol–water partition coefficient (Wildman–Crippen LogP) is 1.86. The Morgan fingerprint density at radius 2 is 2.32 bits per heavy atom. The maximum Gasteiger partial charge on any atom is 0.228 e. The molecule has 0 fully saturated rings. The average molecular weight is 317 g/mol. The van der Waals surface area contributed by atoms with E-state index >= 15 is 0 Å². The molecule has 0 bridgehead atoms. The molecule has 1 aromatic heterocycles. The van der Waals surface area contributed by atoms with Gasteiger partial charge in [0.1, 0.15) is 18.2 Å². The molecule has 2 heterocycles. The molecule has 7 heteroatoms. The molecular formula is C12H9BrN6. The highest BCUT2D eigenvalue weighted by atomic mass is 79.9. The molecule has 0 amide bonds. The summed E-state index contributed by atoms with van der Waals surface area (Å²) in [4.78, 5) is 4.08. The molecule has 0 aliphatic carbocycles. The minimum Gasteiger partial charge on any atom is -0.383 e. The molecule has 1 aromatic carbocycles. The first-order valence-electron chi connectivity index (χ1n) is 5.53. The van der Waals surface area contributed by atoms with Gasteiger partial charge < -0.3 is 11.1 Å². The monoisotopic (exact) mass is 316 g/mol. The van der Waals surface area contributed by atoms with Gasteiger partial charge in [-0.2, -0.15) is 20.0 Å². The lowest BCUT2D eigenvalue weighted by molar-refractivity contribution is 0.794. The van der Waals surface area contributed by atoms with Gasteiger partial charge in [0.2, 0.25) is 5.95 Å². The van der Waals surface area contributed by atoms with Crippen LogP contribution in [0.15, 0.2) is 40.6 Å². The maximum atomic E-state index is 9.32. The number of halogens is 1. The van der Waals surface area contributed by atoms with E-state index in [0.29, 0.717) is 17.3 Å². The molecule has 3 N–H and O–H groups in total. The second kappa shape index (κ2) is 4.40. The molecule has 0 radical (unpaired) electrons. The lowest BCUT2D eigenvalue weighted by Gasteiger charge is -2.25. The van der Waals surface area contributed by atoms with Crippen molar-refractivity contribution >= 4 is 27.7 Å². The third-order valence-corrected chi connectivity index (χ3v) is 3.41. The summed E-state index contributed by atoms with van der Waals surface area (Å²) in [6.07, 6.45) is 1.40. The van der Waals surface area contributed by atoms with Crippen molar-refractivity contribution in [1.82, 2.24) is 14.8 Å². The van der Waals surface area contributed by atoms with Crippen molar-refractivity contribution in [2.75, 3.05) is 5.32 Å². The van der Waals surface area contributed by atoms with Gasteiger partial charge in [-0.15, -0.1) is 0 Å². The number of hydrogen-bond acceptors (Lipinski definition) is 5. The minimum atomic E-state index is -0.320. The minimum absolute atomic E-state index is 0.304. The number of nitriles is 1. The molecule has 0 saturated heterocycles. The summed E-state index contributed by atoms with van der Waals surface area (Å²) in [6.45, 7) is 0. The molecule has 6 nitrogen and oxygen atoms in total. The smallest absolute Gasteiger partial charge is 0.228 e. The third-order valence-electron chi connectivity index (χ3n) is 2.92. The Hall–Kier alpha value is -2.33. The Bertz CT molecular complexity index is 711. The summed E-state index contributed by atoms with van der Waals surface area (Å²) in [7, 11) is 0. The molecule has 94 valence electrons. The lowest BCUT2D eigenvalue weighted by atomic mass is 9.98. The lowest BCUT2D eigenvalue weighted by Crippen LogP contribution is -2.27. The van der Waals surface area contributed by atoms with Crippen molar-refractivity contribution in [3.63, 3.8) is 0 Å². The maximum absolute atomic E-state index is 9.32. The zero-order chi connectivity index (χ0) is 13.4. The summed E-state index contributed by atoms with van der Waals surface area (Å²) in [6, 6.07) is 9.52. The summed E-state index contributed by atoms with van der Waals surface area (Å²) >= 11 is 3.42. The van der Waals surface area contributed by atoms with Crippen LogP contribution in [0.3, 0.4) is 0 Å². The molecular weight excluding hydrogens is 308 g/mol. The zero-order valence-electron chi connectivity index (χ0n) is 9.71. The van der Waals surface area contributed by atoms with Crippen LogP contribution in [-0.2, 0) is 0 Å². The van der Waals surface area contributed by atoms with Gasteiger partial charge in [-0.3, -0.25) is 0 Å². The number of anilines is 1. The average Bonchev–Trinajstić information content (AvgIpc) is 2.87. The molecule has 0 unspecified atom stereocenters. The van der Waals surface area contributed by atoms with Crippen LogP contribution in [0.5, 0.6) is 0 Å². The molecule has 0 spiro atoms. The SMILES string of the molecule is N#CC1=C(N)n2ncnc2N[C@@H]1c1cccc(Br)c1. The van der Waals surface area contributed by atoms with Gasteiger partial charge in [-0.25, -0.2) is 0 Å². The Morgan fingerprint density at radius 1 is 1.47 bits per heavy atom. The standard InChI is InChI=1S/C12H9BrN6/c13-8-3-1-2-7(4-8)10-9(5-14)11(15)19-12(18-10)16-6-17-19/h1-4,6,10H,15H2,(H,16,17,18)/t10-/m1/s1. The van der Waals surface area contributed by atoms with E-state index in [9.17, 15) is 5.26 Å². The highest BCUT2D eigenvalue weighted by Gasteiger charge is 2.28. The summed E-state index contributed by atoms with van der Waals surface area (Å²) in [5, 5.41) is 16.5. The normalized spacial score (nSPS) is 17.6. The highest BCUT2D eigenvalue weighted by Crippen LogP contribution is 2.33. The Balaban J connectivity index is 2.14. The topological polar surface area (TPSA) is 92.5 Å².